The van der Waals surface area contributed by atoms with E-state index in [0.717, 1.165) is 28.6 Å². The van der Waals surface area contributed by atoms with Gasteiger partial charge in [0, 0.05) is 19.0 Å². The van der Waals surface area contributed by atoms with E-state index < -0.39 is 46.4 Å². The number of ether oxygens (including phenoxy) is 1. The van der Waals surface area contributed by atoms with E-state index in [1.165, 1.54) is 24.3 Å². The Hall–Kier alpha value is -2.65. The molecule has 1 fully saturated rings. The second-order valence-corrected chi connectivity index (χ2v) is 9.10. The average Bonchev–Trinajstić information content (AvgIpc) is 3.09. The van der Waals surface area contributed by atoms with E-state index in [0.29, 0.717) is 0 Å². The van der Waals surface area contributed by atoms with Crippen molar-refractivity contribution in [3.05, 3.63) is 59.7 Å². The Labute approximate surface area is 177 Å². The first-order chi connectivity index (χ1) is 14.5. The third-order valence-corrected chi connectivity index (χ3v) is 7.04. The summed E-state index contributed by atoms with van der Waals surface area (Å²) in [4.78, 5) is -0.220. The molecule has 2 N–H and O–H groups in total. The van der Waals surface area contributed by atoms with Crippen LogP contribution >= 0.6 is 0 Å². The number of nitrogens with zero attached hydrogens (tertiary/aromatic N) is 2. The zero-order chi connectivity index (χ0) is 22.9. The van der Waals surface area contributed by atoms with Crippen LogP contribution in [0.5, 0.6) is 5.75 Å². The number of rotatable bonds is 6. The van der Waals surface area contributed by atoms with Crippen molar-refractivity contribution in [3.63, 3.8) is 0 Å². The molecule has 0 saturated carbocycles. The first-order valence-electron chi connectivity index (χ1n) is 9.14. The minimum Gasteiger partial charge on any atom is -0.493 e. The molecule has 166 valence electrons. The van der Waals surface area contributed by atoms with E-state index in [1.807, 2.05) is 6.07 Å². The van der Waals surface area contributed by atoms with Gasteiger partial charge in [-0.3, -0.25) is 0 Å². The Morgan fingerprint density at radius 3 is 2.42 bits per heavy atom. The topological polar surface area (TPSA) is 111 Å². The molecule has 0 unspecified atom stereocenters. The number of halogens is 3. The van der Waals surface area contributed by atoms with Gasteiger partial charge in [-0.05, 0) is 36.4 Å². The average molecular weight is 456 g/mol. The van der Waals surface area contributed by atoms with Gasteiger partial charge in [-0.25, -0.2) is 8.42 Å². The zero-order valence-electron chi connectivity index (χ0n) is 16.1. The standard InChI is InChI=1S/C20H19F3N2O5S/c21-20(22,23)15-5-7-17(8-6-15)30-11-16-10-25(12-19(16,27)13-26)31(28,29)18-4-2-1-3-14(18)9-24/h1-8,16,26-27H,10-13H2/t16-,19-/m1/s1. The molecule has 1 aliphatic rings. The normalized spacial score (nSPS) is 22.3. The van der Waals surface area contributed by atoms with Gasteiger partial charge < -0.3 is 14.9 Å². The van der Waals surface area contributed by atoms with Crippen molar-refractivity contribution in [2.24, 2.45) is 5.92 Å². The van der Waals surface area contributed by atoms with Crippen molar-refractivity contribution >= 4 is 10.0 Å². The van der Waals surface area contributed by atoms with Crippen LogP contribution in [0.25, 0.3) is 0 Å². The maximum atomic E-state index is 13.0. The summed E-state index contributed by atoms with van der Waals surface area (Å²) >= 11 is 0. The molecular weight excluding hydrogens is 437 g/mol. The number of nitriles is 1. The van der Waals surface area contributed by atoms with E-state index in [-0.39, 0.29) is 29.4 Å². The van der Waals surface area contributed by atoms with Crippen LogP contribution < -0.4 is 4.74 Å². The van der Waals surface area contributed by atoms with Gasteiger partial charge in [0.25, 0.3) is 0 Å². The SMILES string of the molecule is N#Cc1ccccc1S(=O)(=O)N1C[C@H](COc2ccc(C(F)(F)F)cc2)[C@](O)(CO)C1. The molecule has 0 bridgehead atoms. The summed E-state index contributed by atoms with van der Waals surface area (Å²) < 4.78 is 70.4. The fraction of sp³-hybridized carbons (Fsp3) is 0.350. The van der Waals surface area contributed by atoms with Crippen molar-refractivity contribution in [1.82, 2.24) is 4.31 Å². The van der Waals surface area contributed by atoms with Crippen LogP contribution in [0, 0.1) is 17.2 Å². The molecule has 31 heavy (non-hydrogen) atoms. The number of hydrogen-bond donors (Lipinski definition) is 2. The van der Waals surface area contributed by atoms with Gasteiger partial charge in [0.2, 0.25) is 10.0 Å². The number of sulfonamides is 1. The van der Waals surface area contributed by atoms with Crippen LogP contribution in [0.3, 0.4) is 0 Å². The third-order valence-electron chi connectivity index (χ3n) is 5.17. The van der Waals surface area contributed by atoms with Crippen LogP contribution in [-0.4, -0.2) is 54.8 Å². The lowest BCUT2D eigenvalue weighted by Gasteiger charge is -2.26. The molecule has 1 saturated heterocycles. The Bertz CT molecular complexity index is 1080. The molecular formula is C20H19F3N2O5S. The molecule has 11 heteroatoms. The molecule has 1 aliphatic heterocycles. The predicted molar refractivity (Wildman–Crippen MR) is 102 cm³/mol. The highest BCUT2D eigenvalue weighted by Gasteiger charge is 2.49. The first kappa shape index (κ1) is 23.0. The molecule has 1 heterocycles. The molecule has 0 amide bonds. The van der Waals surface area contributed by atoms with Gasteiger partial charge >= 0.3 is 6.18 Å². The van der Waals surface area contributed by atoms with Gasteiger partial charge in [0.15, 0.2) is 0 Å². The Morgan fingerprint density at radius 1 is 1.19 bits per heavy atom. The highest BCUT2D eigenvalue weighted by molar-refractivity contribution is 7.89. The van der Waals surface area contributed by atoms with Gasteiger partial charge in [0.05, 0.1) is 29.2 Å². The van der Waals surface area contributed by atoms with E-state index in [9.17, 15) is 37.1 Å². The maximum absolute atomic E-state index is 13.0. The lowest BCUT2D eigenvalue weighted by Crippen LogP contribution is -2.44. The third kappa shape index (κ3) is 4.67. The number of aliphatic hydroxyl groups excluding tert-OH is 1. The van der Waals surface area contributed by atoms with Crippen molar-refractivity contribution in [2.75, 3.05) is 26.3 Å². The first-order valence-corrected chi connectivity index (χ1v) is 10.6. The number of aliphatic hydroxyl groups is 2. The minimum atomic E-state index is -4.49. The molecule has 0 spiro atoms. The molecule has 2 atom stereocenters. The summed E-state index contributed by atoms with van der Waals surface area (Å²) in [5, 5.41) is 29.6. The number of hydrogen-bond acceptors (Lipinski definition) is 6. The molecule has 3 rings (SSSR count). The number of alkyl halides is 3. The van der Waals surface area contributed by atoms with E-state index in [4.69, 9.17) is 4.74 Å². The van der Waals surface area contributed by atoms with Crippen molar-refractivity contribution in [1.29, 1.82) is 5.26 Å². The molecule has 7 nitrogen and oxygen atoms in total. The molecule has 0 radical (unpaired) electrons. The van der Waals surface area contributed by atoms with Crippen LogP contribution in [0.4, 0.5) is 13.2 Å². The lowest BCUT2D eigenvalue weighted by molar-refractivity contribution is -0.137. The zero-order valence-corrected chi connectivity index (χ0v) is 16.9. The van der Waals surface area contributed by atoms with Crippen LogP contribution in [-0.2, 0) is 16.2 Å². The van der Waals surface area contributed by atoms with Crippen molar-refractivity contribution < 1.29 is 36.5 Å². The second-order valence-electron chi connectivity index (χ2n) is 7.20. The summed E-state index contributed by atoms with van der Waals surface area (Å²) in [5.41, 5.74) is -2.72. The Balaban J connectivity index is 1.77. The lowest BCUT2D eigenvalue weighted by atomic mass is 9.92. The largest absolute Gasteiger partial charge is 0.493 e. The van der Waals surface area contributed by atoms with Crippen molar-refractivity contribution in [3.8, 4) is 11.8 Å². The maximum Gasteiger partial charge on any atom is 0.416 e. The van der Waals surface area contributed by atoms with Gasteiger partial charge in [0.1, 0.15) is 17.4 Å². The Kier molecular flexibility index (Phi) is 6.29. The number of benzene rings is 2. The molecule has 0 aliphatic carbocycles. The quantitative estimate of drug-likeness (QED) is 0.688. The molecule has 2 aromatic carbocycles. The van der Waals surface area contributed by atoms with Crippen LogP contribution in [0.1, 0.15) is 11.1 Å². The van der Waals surface area contributed by atoms with E-state index in [2.05, 4.69) is 0 Å². The minimum absolute atomic E-state index is 0.0560. The highest BCUT2D eigenvalue weighted by Crippen LogP contribution is 2.34. The summed E-state index contributed by atoms with van der Waals surface area (Å²) in [7, 11) is -4.14. The summed E-state index contributed by atoms with van der Waals surface area (Å²) in [6.07, 6.45) is -4.49. The van der Waals surface area contributed by atoms with Crippen molar-refractivity contribution in [2.45, 2.75) is 16.7 Å². The van der Waals surface area contributed by atoms with E-state index in [1.54, 1.807) is 0 Å². The summed E-state index contributed by atoms with van der Waals surface area (Å²) in [6.45, 7) is -1.62. The van der Waals surface area contributed by atoms with E-state index >= 15 is 0 Å². The molecule has 0 aromatic heterocycles. The highest BCUT2D eigenvalue weighted by atomic mass is 32.2. The predicted octanol–water partition coefficient (Wildman–Crippen LogP) is 2.00. The van der Waals surface area contributed by atoms with Crippen LogP contribution in [0.2, 0.25) is 0 Å². The van der Waals surface area contributed by atoms with Gasteiger partial charge in [-0.1, -0.05) is 12.1 Å². The molecule has 2 aromatic rings. The second kappa shape index (κ2) is 8.47. The fourth-order valence-electron chi connectivity index (χ4n) is 3.34. The summed E-state index contributed by atoms with van der Waals surface area (Å²) in [5.74, 6) is -0.756. The number of β-amino-alcohol motifs (C(OH)–C–C–N with tert-alkyl or cyclic N) is 1. The van der Waals surface area contributed by atoms with Gasteiger partial charge in [-0.2, -0.15) is 22.7 Å². The summed E-state index contributed by atoms with van der Waals surface area (Å²) in [6, 6.07) is 11.4. The Morgan fingerprint density at radius 2 is 1.84 bits per heavy atom. The van der Waals surface area contributed by atoms with Crippen LogP contribution in [0.15, 0.2) is 53.4 Å². The fourth-order valence-corrected chi connectivity index (χ4v) is 5.03. The monoisotopic (exact) mass is 456 g/mol. The van der Waals surface area contributed by atoms with Gasteiger partial charge in [-0.15, -0.1) is 0 Å². The smallest absolute Gasteiger partial charge is 0.416 e.